The van der Waals surface area contributed by atoms with E-state index in [1.165, 1.54) is 11.3 Å². The second-order valence-electron chi connectivity index (χ2n) is 7.42. The van der Waals surface area contributed by atoms with Gasteiger partial charge < -0.3 is 4.57 Å². The molecule has 2 aliphatic heterocycles. The van der Waals surface area contributed by atoms with E-state index < -0.39 is 21.0 Å². The number of imide groups is 1. The molecule has 10 heteroatoms. The molecule has 7 nitrogen and oxygen atoms in total. The highest BCUT2D eigenvalue weighted by atomic mass is 32.2. The molecule has 30 heavy (non-hydrogen) atoms. The van der Waals surface area contributed by atoms with Gasteiger partial charge in [-0.1, -0.05) is 6.07 Å². The molecule has 4 heterocycles. The first-order valence-corrected chi connectivity index (χ1v) is 12.9. The number of aromatic nitrogens is 1. The summed E-state index contributed by atoms with van der Waals surface area (Å²) in [5, 5.41) is 1.41. The lowest BCUT2D eigenvalue weighted by Crippen LogP contribution is -2.33. The molecule has 1 unspecified atom stereocenters. The fourth-order valence-electron chi connectivity index (χ4n) is 3.97. The SMILES string of the molecule is Cc1cc(C(=O)CN2C(=O)S/C(=C\c3cccs3)C2=O)c(C)n1C1CCS(=O)(=O)C1. The second-order valence-corrected chi connectivity index (χ2v) is 11.6. The van der Waals surface area contributed by atoms with Crippen molar-refractivity contribution >= 4 is 55.9 Å². The zero-order valence-corrected chi connectivity index (χ0v) is 18.9. The topological polar surface area (TPSA) is 93.5 Å². The van der Waals surface area contributed by atoms with Gasteiger partial charge in [-0.15, -0.1) is 11.3 Å². The van der Waals surface area contributed by atoms with Crippen LogP contribution >= 0.6 is 23.1 Å². The molecule has 0 bridgehead atoms. The smallest absolute Gasteiger partial charge is 0.293 e. The number of rotatable bonds is 5. The van der Waals surface area contributed by atoms with Crippen molar-refractivity contribution in [2.45, 2.75) is 26.3 Å². The number of Topliss-reactive ketones (excluding diaryl/α,β-unsaturated/α-hetero) is 1. The fourth-order valence-corrected chi connectivity index (χ4v) is 7.23. The van der Waals surface area contributed by atoms with Gasteiger partial charge in [0.05, 0.1) is 23.0 Å². The van der Waals surface area contributed by atoms with Gasteiger partial charge in [0.1, 0.15) is 0 Å². The van der Waals surface area contributed by atoms with Crippen molar-refractivity contribution in [3.05, 3.63) is 50.3 Å². The van der Waals surface area contributed by atoms with Crippen molar-refractivity contribution < 1.29 is 22.8 Å². The molecule has 0 N–H and O–H groups in total. The Bertz CT molecular complexity index is 1180. The van der Waals surface area contributed by atoms with Crippen LogP contribution in [0.15, 0.2) is 28.5 Å². The zero-order chi connectivity index (χ0) is 21.6. The molecule has 2 aliphatic rings. The van der Waals surface area contributed by atoms with E-state index in [1.54, 1.807) is 19.1 Å². The van der Waals surface area contributed by atoms with Crippen molar-refractivity contribution in [1.29, 1.82) is 0 Å². The van der Waals surface area contributed by atoms with Crippen molar-refractivity contribution in [3.63, 3.8) is 0 Å². The minimum atomic E-state index is -3.06. The van der Waals surface area contributed by atoms with E-state index in [4.69, 9.17) is 0 Å². The summed E-state index contributed by atoms with van der Waals surface area (Å²) in [4.78, 5) is 40.1. The largest absolute Gasteiger partial charge is 0.344 e. The molecule has 0 aliphatic carbocycles. The minimum Gasteiger partial charge on any atom is -0.344 e. The van der Waals surface area contributed by atoms with Crippen LogP contribution < -0.4 is 0 Å². The number of aryl methyl sites for hydroxylation is 1. The van der Waals surface area contributed by atoms with Gasteiger partial charge in [-0.05, 0) is 55.6 Å². The number of thiophene rings is 1. The normalized spacial score (nSPS) is 22.4. The zero-order valence-electron chi connectivity index (χ0n) is 16.5. The van der Waals surface area contributed by atoms with E-state index >= 15 is 0 Å². The molecule has 2 aromatic rings. The maximum atomic E-state index is 12.9. The van der Waals surface area contributed by atoms with Gasteiger partial charge in [0.15, 0.2) is 15.6 Å². The number of sulfone groups is 1. The Morgan fingerprint density at radius 2 is 2.07 bits per heavy atom. The Hall–Kier alpha value is -2.17. The first-order chi connectivity index (χ1) is 14.2. The number of nitrogens with zero attached hydrogens (tertiary/aromatic N) is 2. The van der Waals surface area contributed by atoms with Crippen LogP contribution in [-0.4, -0.2) is 52.9 Å². The molecule has 158 valence electrons. The predicted octanol–water partition coefficient (Wildman–Crippen LogP) is 3.45. The van der Waals surface area contributed by atoms with Gasteiger partial charge >= 0.3 is 0 Å². The number of amides is 2. The molecule has 1 atom stereocenters. The highest BCUT2D eigenvalue weighted by Crippen LogP contribution is 2.34. The van der Waals surface area contributed by atoms with Crippen LogP contribution in [0.5, 0.6) is 0 Å². The Kier molecular flexibility index (Phi) is 5.50. The summed E-state index contributed by atoms with van der Waals surface area (Å²) < 4.78 is 25.6. The number of thioether (sulfide) groups is 1. The van der Waals surface area contributed by atoms with Crippen molar-refractivity contribution in [2.75, 3.05) is 18.1 Å². The number of hydrogen-bond acceptors (Lipinski definition) is 7. The molecule has 2 amide bonds. The molecule has 2 aromatic heterocycles. The molecule has 4 rings (SSSR count). The fraction of sp³-hybridized carbons (Fsp3) is 0.350. The third-order valence-electron chi connectivity index (χ3n) is 5.35. The number of carbonyl (C=O) groups excluding carboxylic acids is 3. The minimum absolute atomic E-state index is 0.0631. The molecule has 2 fully saturated rings. The monoisotopic (exact) mass is 464 g/mol. The first-order valence-electron chi connectivity index (χ1n) is 9.37. The summed E-state index contributed by atoms with van der Waals surface area (Å²) in [6.45, 7) is 3.27. The highest BCUT2D eigenvalue weighted by Gasteiger charge is 2.37. The Labute approximate surface area is 182 Å². The van der Waals surface area contributed by atoms with Crippen molar-refractivity contribution in [3.8, 4) is 0 Å². The van der Waals surface area contributed by atoms with Gasteiger partial charge in [0.2, 0.25) is 0 Å². The summed E-state index contributed by atoms with van der Waals surface area (Å²) in [7, 11) is -3.06. The van der Waals surface area contributed by atoms with Gasteiger partial charge in [0.25, 0.3) is 11.1 Å². The summed E-state index contributed by atoms with van der Waals surface area (Å²) in [6, 6.07) is 5.23. The summed E-state index contributed by atoms with van der Waals surface area (Å²) in [6.07, 6.45) is 2.18. The summed E-state index contributed by atoms with van der Waals surface area (Å²) in [5.41, 5.74) is 1.88. The first kappa shape index (κ1) is 21.1. The highest BCUT2D eigenvalue weighted by molar-refractivity contribution is 8.18. The third kappa shape index (κ3) is 3.91. The van der Waals surface area contributed by atoms with Gasteiger partial charge in [-0.2, -0.15) is 0 Å². The molecular formula is C20H20N2O5S3. The lowest BCUT2D eigenvalue weighted by molar-refractivity contribution is -0.122. The quantitative estimate of drug-likeness (QED) is 0.497. The van der Waals surface area contributed by atoms with Crippen LogP contribution in [0.4, 0.5) is 4.79 Å². The standard InChI is InChI=1S/C20H20N2O5S3/c1-12-8-16(13(2)22(12)14-5-7-30(26,27)11-14)17(23)10-21-19(24)18(29-20(21)25)9-15-4-3-6-28-15/h3-4,6,8-9,14H,5,7,10-11H2,1-2H3/b18-9-. The van der Waals surface area contributed by atoms with E-state index in [-0.39, 0.29) is 29.9 Å². The Balaban J connectivity index is 1.54. The molecule has 0 spiro atoms. The van der Waals surface area contributed by atoms with Crippen molar-refractivity contribution in [1.82, 2.24) is 9.47 Å². The van der Waals surface area contributed by atoms with E-state index in [9.17, 15) is 22.8 Å². The average Bonchev–Trinajstić information content (AvgIpc) is 3.42. The molecular weight excluding hydrogens is 444 g/mol. The molecule has 2 saturated heterocycles. The van der Waals surface area contributed by atoms with Crippen LogP contribution in [-0.2, 0) is 14.6 Å². The second kappa shape index (κ2) is 7.82. The lowest BCUT2D eigenvalue weighted by Gasteiger charge is -2.16. The Morgan fingerprint density at radius 3 is 2.70 bits per heavy atom. The van der Waals surface area contributed by atoms with Gasteiger partial charge in [-0.3, -0.25) is 19.3 Å². The number of carbonyl (C=O) groups is 3. The predicted molar refractivity (Wildman–Crippen MR) is 118 cm³/mol. The number of hydrogen-bond donors (Lipinski definition) is 0. The van der Waals surface area contributed by atoms with Gasteiger partial charge in [-0.25, -0.2) is 8.42 Å². The summed E-state index contributed by atoms with van der Waals surface area (Å²) >= 11 is 2.29. The van der Waals surface area contributed by atoms with E-state index in [0.29, 0.717) is 22.6 Å². The number of ketones is 1. The van der Waals surface area contributed by atoms with Crippen LogP contribution in [0.25, 0.3) is 6.08 Å². The van der Waals surface area contributed by atoms with Crippen LogP contribution in [0.2, 0.25) is 0 Å². The van der Waals surface area contributed by atoms with Crippen LogP contribution in [0.3, 0.4) is 0 Å². The van der Waals surface area contributed by atoms with Crippen LogP contribution in [0, 0.1) is 13.8 Å². The average molecular weight is 465 g/mol. The third-order valence-corrected chi connectivity index (χ3v) is 8.83. The van der Waals surface area contributed by atoms with Crippen LogP contribution in [0.1, 0.15) is 39.1 Å². The molecule has 0 saturated carbocycles. The van der Waals surface area contributed by atoms with Crippen molar-refractivity contribution in [2.24, 2.45) is 0 Å². The van der Waals surface area contributed by atoms with Gasteiger partial charge in [0, 0.05) is 27.9 Å². The summed E-state index contributed by atoms with van der Waals surface area (Å²) in [5.74, 6) is -0.601. The lowest BCUT2D eigenvalue weighted by atomic mass is 10.1. The molecule has 0 radical (unpaired) electrons. The van der Waals surface area contributed by atoms with E-state index in [1.807, 2.05) is 29.0 Å². The van der Waals surface area contributed by atoms with E-state index in [0.717, 1.165) is 27.2 Å². The van der Waals surface area contributed by atoms with E-state index in [2.05, 4.69) is 0 Å². The Morgan fingerprint density at radius 1 is 1.30 bits per heavy atom. The maximum absolute atomic E-state index is 12.9. The molecule has 0 aromatic carbocycles. The maximum Gasteiger partial charge on any atom is 0.293 e.